The zero-order chi connectivity index (χ0) is 14.5. The van der Waals surface area contributed by atoms with Gasteiger partial charge in [0.2, 0.25) is 0 Å². The smallest absolute Gasteiger partial charge is 0.262 e. The minimum absolute atomic E-state index is 0.00487. The summed E-state index contributed by atoms with van der Waals surface area (Å²) in [6, 6.07) is 11.1. The van der Waals surface area contributed by atoms with Crippen molar-refractivity contribution in [3.8, 4) is 5.75 Å². The Bertz CT molecular complexity index is 634. The first-order chi connectivity index (χ1) is 9.58. The number of nitrogens with one attached hydrogen (secondary N) is 1. The van der Waals surface area contributed by atoms with E-state index < -0.39 is 11.7 Å². The van der Waals surface area contributed by atoms with E-state index in [1.165, 1.54) is 18.2 Å². The van der Waals surface area contributed by atoms with Crippen molar-refractivity contribution < 1.29 is 13.9 Å². The Labute approximate surface area is 125 Å². The number of hydrogen-bond donors (Lipinski definition) is 1. The quantitative estimate of drug-likeness (QED) is 0.920. The van der Waals surface area contributed by atoms with Crippen LogP contribution < -0.4 is 10.1 Å². The molecular formula is C14H10Cl2FNO2. The minimum Gasteiger partial charge on any atom is -0.482 e. The van der Waals surface area contributed by atoms with Gasteiger partial charge < -0.3 is 10.1 Å². The van der Waals surface area contributed by atoms with Gasteiger partial charge in [0, 0.05) is 0 Å². The number of carbonyl (C=O) groups excluding carboxylic acids is 1. The third-order valence-corrected chi connectivity index (χ3v) is 3.03. The van der Waals surface area contributed by atoms with E-state index in [1.54, 1.807) is 24.3 Å². The summed E-state index contributed by atoms with van der Waals surface area (Å²) in [5.74, 6) is -0.803. The molecule has 0 bridgehead atoms. The first-order valence-electron chi connectivity index (χ1n) is 5.69. The number of anilines is 1. The van der Waals surface area contributed by atoms with Gasteiger partial charge in [-0.05, 0) is 24.3 Å². The third-order valence-electron chi connectivity index (χ3n) is 2.42. The summed E-state index contributed by atoms with van der Waals surface area (Å²) < 4.78 is 18.8. The van der Waals surface area contributed by atoms with E-state index in [-0.39, 0.29) is 17.3 Å². The van der Waals surface area contributed by atoms with Crippen LogP contribution in [0.1, 0.15) is 0 Å². The topological polar surface area (TPSA) is 38.3 Å². The monoisotopic (exact) mass is 313 g/mol. The summed E-state index contributed by atoms with van der Waals surface area (Å²) in [5, 5.41) is 2.71. The Morgan fingerprint density at radius 3 is 2.55 bits per heavy atom. The Kier molecular flexibility index (Phi) is 4.82. The number of halogens is 3. The van der Waals surface area contributed by atoms with E-state index >= 15 is 0 Å². The number of carbonyl (C=O) groups is 1. The van der Waals surface area contributed by atoms with Crippen LogP contribution in [0.15, 0.2) is 42.5 Å². The number of amides is 1. The van der Waals surface area contributed by atoms with Crippen molar-refractivity contribution in [1.82, 2.24) is 0 Å². The average molecular weight is 314 g/mol. The molecule has 20 heavy (non-hydrogen) atoms. The summed E-state index contributed by atoms with van der Waals surface area (Å²) >= 11 is 11.5. The van der Waals surface area contributed by atoms with Crippen LogP contribution in [0.4, 0.5) is 10.1 Å². The summed E-state index contributed by atoms with van der Waals surface area (Å²) in [6.07, 6.45) is 0. The van der Waals surface area contributed by atoms with Crippen molar-refractivity contribution in [3.63, 3.8) is 0 Å². The van der Waals surface area contributed by atoms with Crippen LogP contribution in [0.25, 0.3) is 0 Å². The summed E-state index contributed by atoms with van der Waals surface area (Å²) in [5.41, 5.74) is 0.00487. The fraction of sp³-hybridized carbons (Fsp3) is 0.0714. The molecule has 0 fully saturated rings. The van der Waals surface area contributed by atoms with E-state index in [0.29, 0.717) is 10.8 Å². The van der Waals surface area contributed by atoms with Gasteiger partial charge in [-0.15, -0.1) is 0 Å². The largest absolute Gasteiger partial charge is 0.482 e. The van der Waals surface area contributed by atoms with Crippen molar-refractivity contribution in [2.45, 2.75) is 0 Å². The molecular weight excluding hydrogens is 304 g/mol. The lowest BCUT2D eigenvalue weighted by atomic mass is 10.3. The van der Waals surface area contributed by atoms with E-state index in [9.17, 15) is 9.18 Å². The number of para-hydroxylation sites is 1. The van der Waals surface area contributed by atoms with E-state index in [2.05, 4.69) is 5.32 Å². The molecule has 0 atom stereocenters. The van der Waals surface area contributed by atoms with Gasteiger partial charge in [-0.2, -0.15) is 0 Å². The second kappa shape index (κ2) is 6.59. The Hall–Kier alpha value is -1.78. The van der Waals surface area contributed by atoms with Crippen LogP contribution in [0, 0.1) is 5.82 Å². The van der Waals surface area contributed by atoms with Gasteiger partial charge in [0.25, 0.3) is 5.91 Å². The molecule has 0 aliphatic carbocycles. The molecule has 0 spiro atoms. The van der Waals surface area contributed by atoms with Crippen LogP contribution in [-0.2, 0) is 4.79 Å². The SMILES string of the molecule is O=C(COc1ccccc1Cl)Nc1cccc(Cl)c1F. The maximum atomic E-state index is 13.6. The van der Waals surface area contributed by atoms with E-state index in [1.807, 2.05) is 0 Å². The van der Waals surface area contributed by atoms with E-state index in [0.717, 1.165) is 0 Å². The maximum absolute atomic E-state index is 13.6. The highest BCUT2D eigenvalue weighted by Gasteiger charge is 2.10. The van der Waals surface area contributed by atoms with Gasteiger partial charge in [-0.25, -0.2) is 4.39 Å². The molecule has 0 unspecified atom stereocenters. The van der Waals surface area contributed by atoms with Gasteiger partial charge in [-0.3, -0.25) is 4.79 Å². The highest BCUT2D eigenvalue weighted by molar-refractivity contribution is 6.32. The zero-order valence-corrected chi connectivity index (χ0v) is 11.7. The van der Waals surface area contributed by atoms with Gasteiger partial charge in [0.05, 0.1) is 15.7 Å². The van der Waals surface area contributed by atoms with Gasteiger partial charge in [0.15, 0.2) is 12.4 Å². The highest BCUT2D eigenvalue weighted by Crippen LogP contribution is 2.24. The van der Waals surface area contributed by atoms with Crippen molar-refractivity contribution in [2.24, 2.45) is 0 Å². The molecule has 2 aromatic carbocycles. The fourth-order valence-corrected chi connectivity index (χ4v) is 1.86. The van der Waals surface area contributed by atoms with E-state index in [4.69, 9.17) is 27.9 Å². The van der Waals surface area contributed by atoms with Crippen molar-refractivity contribution in [3.05, 3.63) is 58.3 Å². The zero-order valence-electron chi connectivity index (χ0n) is 10.2. The number of hydrogen-bond acceptors (Lipinski definition) is 2. The van der Waals surface area contributed by atoms with Crippen molar-refractivity contribution in [1.29, 1.82) is 0 Å². The Morgan fingerprint density at radius 1 is 1.10 bits per heavy atom. The minimum atomic E-state index is -0.680. The first-order valence-corrected chi connectivity index (χ1v) is 6.44. The summed E-state index contributed by atoms with van der Waals surface area (Å²) in [4.78, 5) is 11.7. The average Bonchev–Trinajstić information content (AvgIpc) is 2.43. The Balaban J connectivity index is 1.96. The summed E-state index contributed by atoms with van der Waals surface area (Å²) in [7, 11) is 0. The molecule has 0 saturated carbocycles. The number of ether oxygens (including phenoxy) is 1. The molecule has 0 aliphatic heterocycles. The van der Waals surface area contributed by atoms with Crippen LogP contribution in [0.5, 0.6) is 5.75 Å². The Morgan fingerprint density at radius 2 is 1.80 bits per heavy atom. The molecule has 0 aromatic heterocycles. The van der Waals surface area contributed by atoms with Crippen molar-refractivity contribution >= 4 is 34.8 Å². The van der Waals surface area contributed by atoms with Gasteiger partial charge in [-0.1, -0.05) is 41.4 Å². The van der Waals surface area contributed by atoms with Crippen molar-refractivity contribution in [2.75, 3.05) is 11.9 Å². The molecule has 0 aliphatic rings. The molecule has 1 amide bonds. The molecule has 2 aromatic rings. The normalized spacial score (nSPS) is 10.2. The van der Waals surface area contributed by atoms with Crippen LogP contribution in [0.3, 0.4) is 0 Å². The number of benzene rings is 2. The van der Waals surface area contributed by atoms with Crippen LogP contribution in [-0.4, -0.2) is 12.5 Å². The van der Waals surface area contributed by atoms with Crippen LogP contribution >= 0.6 is 23.2 Å². The molecule has 104 valence electrons. The molecule has 6 heteroatoms. The fourth-order valence-electron chi connectivity index (χ4n) is 1.49. The second-order valence-corrected chi connectivity index (χ2v) is 4.68. The summed E-state index contributed by atoms with van der Waals surface area (Å²) in [6.45, 7) is -0.282. The van der Waals surface area contributed by atoms with Gasteiger partial charge >= 0.3 is 0 Å². The lowest BCUT2D eigenvalue weighted by Gasteiger charge is -2.09. The lowest BCUT2D eigenvalue weighted by Crippen LogP contribution is -2.20. The number of rotatable bonds is 4. The molecule has 1 N–H and O–H groups in total. The van der Waals surface area contributed by atoms with Gasteiger partial charge in [0.1, 0.15) is 5.75 Å². The first kappa shape index (κ1) is 14.6. The molecule has 0 heterocycles. The predicted molar refractivity (Wildman–Crippen MR) is 77.0 cm³/mol. The van der Waals surface area contributed by atoms with Crippen LogP contribution in [0.2, 0.25) is 10.0 Å². The molecule has 0 radical (unpaired) electrons. The molecule has 0 saturated heterocycles. The second-order valence-electron chi connectivity index (χ2n) is 3.87. The standard InChI is InChI=1S/C14H10Cl2FNO2/c15-9-4-1-2-7-12(9)20-8-13(19)18-11-6-3-5-10(16)14(11)17/h1-7H,8H2,(H,18,19). The predicted octanol–water partition coefficient (Wildman–Crippen LogP) is 4.15. The lowest BCUT2D eigenvalue weighted by molar-refractivity contribution is -0.118. The molecule has 2 rings (SSSR count). The highest BCUT2D eigenvalue weighted by atomic mass is 35.5. The maximum Gasteiger partial charge on any atom is 0.262 e. The third kappa shape index (κ3) is 3.62. The molecule has 3 nitrogen and oxygen atoms in total.